The lowest BCUT2D eigenvalue weighted by Gasteiger charge is -2.07. The van der Waals surface area contributed by atoms with Crippen molar-refractivity contribution in [2.45, 2.75) is 39.4 Å². The van der Waals surface area contributed by atoms with Crippen LogP contribution in [0.25, 0.3) is 0 Å². The zero-order chi connectivity index (χ0) is 13.8. The lowest BCUT2D eigenvalue weighted by molar-refractivity contribution is 0.199. The number of hydrogen-bond acceptors (Lipinski definition) is 4. The Morgan fingerprint density at radius 2 is 1.89 bits per heavy atom. The van der Waals surface area contributed by atoms with Gasteiger partial charge in [0.05, 0.1) is 16.8 Å². The van der Waals surface area contributed by atoms with Crippen LogP contribution in [0.4, 0.5) is 0 Å². The Morgan fingerprint density at radius 3 is 2.42 bits per heavy atom. The zero-order valence-electron chi connectivity index (χ0n) is 11.5. The normalized spacial score (nSPS) is 12.7. The van der Waals surface area contributed by atoms with Gasteiger partial charge in [-0.2, -0.15) is 0 Å². The van der Waals surface area contributed by atoms with Crippen molar-refractivity contribution in [1.29, 1.82) is 0 Å². The fraction of sp³-hybridized carbons (Fsp3) is 0.400. The van der Waals surface area contributed by atoms with E-state index in [9.17, 15) is 5.11 Å². The first-order valence-electron chi connectivity index (χ1n) is 6.41. The summed E-state index contributed by atoms with van der Waals surface area (Å²) in [4.78, 5) is 4.52. The van der Waals surface area contributed by atoms with E-state index < -0.39 is 6.10 Å². The predicted octanol–water partition coefficient (Wildman–Crippen LogP) is 3.90. The highest BCUT2D eigenvalue weighted by molar-refractivity contribution is 7.09. The van der Waals surface area contributed by atoms with Crippen LogP contribution < -0.4 is 4.74 Å². The number of hydrogen-bond donors (Lipinski definition) is 1. The highest BCUT2D eigenvalue weighted by Gasteiger charge is 2.06. The van der Waals surface area contributed by atoms with E-state index in [1.165, 1.54) is 0 Å². The molecule has 0 amide bonds. The van der Waals surface area contributed by atoms with Crippen LogP contribution in [0.2, 0.25) is 0 Å². The van der Waals surface area contributed by atoms with Crippen molar-refractivity contribution in [3.05, 3.63) is 45.9 Å². The molecule has 0 unspecified atom stereocenters. The second kappa shape index (κ2) is 6.17. The van der Waals surface area contributed by atoms with Gasteiger partial charge in [-0.05, 0) is 24.6 Å². The van der Waals surface area contributed by atoms with Crippen LogP contribution in [0, 0.1) is 0 Å². The zero-order valence-corrected chi connectivity index (χ0v) is 12.3. The molecule has 102 valence electrons. The van der Waals surface area contributed by atoms with E-state index in [1.807, 2.05) is 29.6 Å². The van der Waals surface area contributed by atoms with Crippen molar-refractivity contribution in [3.8, 4) is 5.75 Å². The molecule has 19 heavy (non-hydrogen) atoms. The fourth-order valence-corrected chi connectivity index (χ4v) is 2.47. The Kier molecular flexibility index (Phi) is 4.56. The van der Waals surface area contributed by atoms with Gasteiger partial charge in [0, 0.05) is 11.3 Å². The molecule has 1 heterocycles. The van der Waals surface area contributed by atoms with Gasteiger partial charge in [0.25, 0.3) is 0 Å². The van der Waals surface area contributed by atoms with E-state index in [2.05, 4.69) is 18.8 Å². The Balaban J connectivity index is 1.94. The Bertz CT molecular complexity index is 517. The van der Waals surface area contributed by atoms with E-state index in [1.54, 1.807) is 18.3 Å². The van der Waals surface area contributed by atoms with Crippen LogP contribution in [0.1, 0.15) is 49.1 Å². The standard InChI is InChI=1S/C15H19NO2S/c1-10(2)15-16-13(9-19-15)8-18-14-6-4-12(5-7-14)11(3)17/h4-7,9-11,17H,8H2,1-3H3/t11-/m0/s1. The number of aromatic nitrogens is 1. The number of thiazole rings is 1. The maximum atomic E-state index is 9.43. The van der Waals surface area contributed by atoms with E-state index in [0.29, 0.717) is 12.5 Å². The van der Waals surface area contributed by atoms with E-state index >= 15 is 0 Å². The summed E-state index contributed by atoms with van der Waals surface area (Å²) in [5, 5.41) is 12.6. The number of nitrogens with zero attached hydrogens (tertiary/aromatic N) is 1. The topological polar surface area (TPSA) is 42.4 Å². The van der Waals surface area contributed by atoms with E-state index in [-0.39, 0.29) is 0 Å². The summed E-state index contributed by atoms with van der Waals surface area (Å²) >= 11 is 1.67. The maximum absolute atomic E-state index is 9.43. The molecular weight excluding hydrogens is 258 g/mol. The van der Waals surface area contributed by atoms with Crippen molar-refractivity contribution in [3.63, 3.8) is 0 Å². The van der Waals surface area contributed by atoms with Gasteiger partial charge in [0.1, 0.15) is 12.4 Å². The molecule has 0 bridgehead atoms. The monoisotopic (exact) mass is 277 g/mol. The quantitative estimate of drug-likeness (QED) is 0.901. The number of aliphatic hydroxyl groups excluding tert-OH is 1. The highest BCUT2D eigenvalue weighted by atomic mass is 32.1. The van der Waals surface area contributed by atoms with Crippen LogP contribution in [0.15, 0.2) is 29.6 Å². The number of ether oxygens (including phenoxy) is 1. The largest absolute Gasteiger partial charge is 0.487 e. The molecule has 1 aromatic carbocycles. The van der Waals surface area contributed by atoms with Gasteiger partial charge in [-0.15, -0.1) is 11.3 Å². The third kappa shape index (κ3) is 3.78. The molecule has 0 radical (unpaired) electrons. The van der Waals surface area contributed by atoms with Crippen LogP contribution >= 0.6 is 11.3 Å². The summed E-state index contributed by atoms with van der Waals surface area (Å²) in [5.41, 5.74) is 1.86. The fourth-order valence-electron chi connectivity index (χ4n) is 1.65. The lowest BCUT2D eigenvalue weighted by Crippen LogP contribution is -1.97. The van der Waals surface area contributed by atoms with E-state index in [0.717, 1.165) is 22.0 Å². The van der Waals surface area contributed by atoms with Gasteiger partial charge in [-0.1, -0.05) is 26.0 Å². The lowest BCUT2D eigenvalue weighted by atomic mass is 10.1. The summed E-state index contributed by atoms with van der Waals surface area (Å²) in [6, 6.07) is 7.50. The van der Waals surface area contributed by atoms with Gasteiger partial charge in [0.2, 0.25) is 0 Å². The summed E-state index contributed by atoms with van der Waals surface area (Å²) in [6.45, 7) is 6.51. The summed E-state index contributed by atoms with van der Waals surface area (Å²) < 4.78 is 5.68. The molecule has 0 aliphatic carbocycles. The average Bonchev–Trinajstić information content (AvgIpc) is 2.86. The van der Waals surface area contributed by atoms with Crippen molar-refractivity contribution >= 4 is 11.3 Å². The first-order valence-corrected chi connectivity index (χ1v) is 7.29. The number of benzene rings is 1. The van der Waals surface area contributed by atoms with Crippen LogP contribution in [0.5, 0.6) is 5.75 Å². The number of aliphatic hydroxyl groups is 1. The van der Waals surface area contributed by atoms with Gasteiger partial charge >= 0.3 is 0 Å². The third-order valence-electron chi connectivity index (χ3n) is 2.81. The molecule has 4 heteroatoms. The smallest absolute Gasteiger partial charge is 0.131 e. The second-order valence-electron chi connectivity index (χ2n) is 4.87. The first kappa shape index (κ1) is 14.0. The maximum Gasteiger partial charge on any atom is 0.131 e. The van der Waals surface area contributed by atoms with Gasteiger partial charge in [-0.25, -0.2) is 4.98 Å². The summed E-state index contributed by atoms with van der Waals surface area (Å²) in [5.74, 6) is 1.26. The molecule has 0 saturated carbocycles. The Morgan fingerprint density at radius 1 is 1.21 bits per heavy atom. The molecule has 1 atom stereocenters. The summed E-state index contributed by atoms with van der Waals surface area (Å²) in [6.07, 6.45) is -0.443. The van der Waals surface area contributed by atoms with Crippen molar-refractivity contribution in [1.82, 2.24) is 4.98 Å². The SMILES string of the molecule is CC(C)c1nc(COc2ccc([C@H](C)O)cc2)cs1. The van der Waals surface area contributed by atoms with Crippen molar-refractivity contribution in [2.24, 2.45) is 0 Å². The minimum atomic E-state index is -0.443. The third-order valence-corrected chi connectivity index (χ3v) is 4.01. The second-order valence-corrected chi connectivity index (χ2v) is 5.76. The molecule has 1 N–H and O–H groups in total. The molecule has 0 aliphatic rings. The van der Waals surface area contributed by atoms with Crippen LogP contribution in [-0.2, 0) is 6.61 Å². The molecule has 2 aromatic rings. The Hall–Kier alpha value is -1.39. The van der Waals surface area contributed by atoms with Crippen LogP contribution in [0.3, 0.4) is 0 Å². The molecule has 0 saturated heterocycles. The number of rotatable bonds is 5. The molecular formula is C15H19NO2S. The van der Waals surface area contributed by atoms with E-state index in [4.69, 9.17) is 4.74 Å². The van der Waals surface area contributed by atoms with Gasteiger partial charge in [0.15, 0.2) is 0 Å². The van der Waals surface area contributed by atoms with Crippen molar-refractivity contribution in [2.75, 3.05) is 0 Å². The molecule has 2 rings (SSSR count). The van der Waals surface area contributed by atoms with Gasteiger partial charge in [-0.3, -0.25) is 0 Å². The molecule has 3 nitrogen and oxygen atoms in total. The van der Waals surface area contributed by atoms with Crippen LogP contribution in [-0.4, -0.2) is 10.1 Å². The van der Waals surface area contributed by atoms with Crippen molar-refractivity contribution < 1.29 is 9.84 Å². The average molecular weight is 277 g/mol. The molecule has 1 aromatic heterocycles. The molecule has 0 spiro atoms. The predicted molar refractivity (Wildman–Crippen MR) is 77.6 cm³/mol. The minimum Gasteiger partial charge on any atom is -0.487 e. The minimum absolute atomic E-state index is 0.443. The first-order chi connectivity index (χ1) is 9.06. The molecule has 0 aliphatic heterocycles. The molecule has 0 fully saturated rings. The highest BCUT2D eigenvalue weighted by Crippen LogP contribution is 2.21. The van der Waals surface area contributed by atoms with Gasteiger partial charge < -0.3 is 9.84 Å². The Labute approximate surface area is 117 Å². The summed E-state index contributed by atoms with van der Waals surface area (Å²) in [7, 11) is 0.